The van der Waals surface area contributed by atoms with Gasteiger partial charge in [0.2, 0.25) is 0 Å². The van der Waals surface area contributed by atoms with E-state index in [1.165, 1.54) is 11.3 Å². The number of methoxy groups -OCH3 is 1. The number of hydrogen-bond donors (Lipinski definition) is 0. The highest BCUT2D eigenvalue weighted by Gasteiger charge is 2.18. The summed E-state index contributed by atoms with van der Waals surface area (Å²) in [6.07, 6.45) is 1.70. The number of aromatic nitrogens is 1. The first-order chi connectivity index (χ1) is 13.4. The average Bonchev–Trinajstić information content (AvgIpc) is 2.98. The summed E-state index contributed by atoms with van der Waals surface area (Å²) in [7, 11) is -2.03. The number of amides is 1. The van der Waals surface area contributed by atoms with Gasteiger partial charge in [0, 0.05) is 6.54 Å². The van der Waals surface area contributed by atoms with E-state index in [4.69, 9.17) is 4.74 Å². The normalized spacial score (nSPS) is 12.2. The van der Waals surface area contributed by atoms with Crippen LogP contribution in [0.25, 0.3) is 10.2 Å². The highest BCUT2D eigenvalue weighted by molar-refractivity contribution is 7.91. The highest BCUT2D eigenvalue weighted by Crippen LogP contribution is 2.23. The smallest absolute Gasteiger partial charge is 0.263 e. The van der Waals surface area contributed by atoms with E-state index in [1.807, 2.05) is 28.8 Å². The van der Waals surface area contributed by atoms with Crippen LogP contribution >= 0.6 is 11.3 Å². The molecule has 1 heterocycles. The standard InChI is InChI=1S/C20H20N2O4S2/c1-3-11-22-17-10-9-16(26-2)12-18(17)27-20(22)21-19(23)14-28(24,25)13-15-7-5-4-6-8-15/h3-10,12H,1,11,13-14H2,2H3. The molecule has 0 saturated heterocycles. The fourth-order valence-electron chi connectivity index (χ4n) is 2.78. The van der Waals surface area contributed by atoms with Gasteiger partial charge in [-0.25, -0.2) is 8.42 Å². The molecule has 3 aromatic rings. The summed E-state index contributed by atoms with van der Waals surface area (Å²) in [5, 5.41) is 0. The van der Waals surface area contributed by atoms with Crippen LogP contribution in [-0.2, 0) is 26.9 Å². The van der Waals surface area contributed by atoms with Gasteiger partial charge in [-0.05, 0) is 23.8 Å². The van der Waals surface area contributed by atoms with Crippen molar-refractivity contribution in [1.82, 2.24) is 4.57 Å². The number of benzene rings is 2. The van der Waals surface area contributed by atoms with Gasteiger partial charge in [0.1, 0.15) is 11.5 Å². The summed E-state index contributed by atoms with van der Waals surface area (Å²) < 4.78 is 32.7. The molecule has 0 unspecified atom stereocenters. The van der Waals surface area contributed by atoms with E-state index < -0.39 is 21.5 Å². The van der Waals surface area contributed by atoms with Crippen molar-refractivity contribution >= 4 is 37.3 Å². The zero-order valence-electron chi connectivity index (χ0n) is 15.4. The van der Waals surface area contributed by atoms with E-state index in [2.05, 4.69) is 11.6 Å². The summed E-state index contributed by atoms with van der Waals surface area (Å²) in [4.78, 5) is 16.9. The van der Waals surface area contributed by atoms with Gasteiger partial charge in [-0.1, -0.05) is 47.7 Å². The fourth-order valence-corrected chi connectivity index (χ4v) is 5.11. The van der Waals surface area contributed by atoms with Crippen molar-refractivity contribution in [2.24, 2.45) is 4.99 Å². The third-order valence-corrected chi connectivity index (χ3v) is 6.50. The largest absolute Gasteiger partial charge is 0.497 e. The summed E-state index contributed by atoms with van der Waals surface area (Å²) in [5.74, 6) is -0.811. The summed E-state index contributed by atoms with van der Waals surface area (Å²) in [6.45, 7) is 4.19. The van der Waals surface area contributed by atoms with E-state index >= 15 is 0 Å². The maximum absolute atomic E-state index is 12.4. The average molecular weight is 417 g/mol. The van der Waals surface area contributed by atoms with Crippen molar-refractivity contribution in [3.8, 4) is 5.75 Å². The van der Waals surface area contributed by atoms with Crippen molar-refractivity contribution in [3.05, 3.63) is 71.6 Å². The third-order valence-electron chi connectivity index (χ3n) is 3.99. The van der Waals surface area contributed by atoms with Gasteiger partial charge < -0.3 is 9.30 Å². The van der Waals surface area contributed by atoms with E-state index in [0.29, 0.717) is 22.7 Å². The maximum atomic E-state index is 12.4. The molecule has 2 aromatic carbocycles. The van der Waals surface area contributed by atoms with E-state index in [0.717, 1.165) is 10.2 Å². The molecule has 0 saturated carbocycles. The Hall–Kier alpha value is -2.71. The molecule has 0 aliphatic heterocycles. The van der Waals surface area contributed by atoms with Crippen molar-refractivity contribution in [1.29, 1.82) is 0 Å². The van der Waals surface area contributed by atoms with Crippen LogP contribution in [0.4, 0.5) is 0 Å². The van der Waals surface area contributed by atoms with Crippen LogP contribution in [0.2, 0.25) is 0 Å². The molecule has 0 bridgehead atoms. The predicted octanol–water partition coefficient (Wildman–Crippen LogP) is 2.94. The maximum Gasteiger partial charge on any atom is 0.263 e. The second-order valence-electron chi connectivity index (χ2n) is 6.14. The molecule has 1 amide bonds. The first kappa shape index (κ1) is 20.0. The Balaban J connectivity index is 1.91. The Kier molecular flexibility index (Phi) is 6.11. The van der Waals surface area contributed by atoms with Gasteiger partial charge in [-0.2, -0.15) is 4.99 Å². The zero-order chi connectivity index (χ0) is 20.1. The molecule has 0 radical (unpaired) electrons. The first-order valence-electron chi connectivity index (χ1n) is 8.52. The molecule has 0 aliphatic rings. The number of fused-ring (bicyclic) bond motifs is 1. The van der Waals surface area contributed by atoms with Crippen molar-refractivity contribution in [3.63, 3.8) is 0 Å². The Morgan fingerprint density at radius 1 is 1.25 bits per heavy atom. The molecule has 0 spiro atoms. The minimum Gasteiger partial charge on any atom is -0.497 e. The van der Waals surface area contributed by atoms with Crippen LogP contribution in [0.5, 0.6) is 5.75 Å². The van der Waals surface area contributed by atoms with Gasteiger partial charge in [0.05, 0.1) is 23.1 Å². The molecule has 0 N–H and O–H groups in total. The number of carbonyl (C=O) groups excluding carboxylic acids is 1. The molecule has 3 rings (SSSR count). The Morgan fingerprint density at radius 3 is 2.68 bits per heavy atom. The molecule has 0 aliphatic carbocycles. The van der Waals surface area contributed by atoms with Crippen LogP contribution < -0.4 is 9.54 Å². The lowest BCUT2D eigenvalue weighted by molar-refractivity contribution is -0.115. The summed E-state index contributed by atoms with van der Waals surface area (Å²) in [5.41, 5.74) is 1.52. The van der Waals surface area contributed by atoms with Crippen LogP contribution in [0.15, 0.2) is 66.2 Å². The number of rotatable bonds is 7. The molecular weight excluding hydrogens is 396 g/mol. The van der Waals surface area contributed by atoms with Gasteiger partial charge in [0.25, 0.3) is 5.91 Å². The minimum atomic E-state index is -3.61. The second kappa shape index (κ2) is 8.53. The number of hydrogen-bond acceptors (Lipinski definition) is 5. The molecule has 28 heavy (non-hydrogen) atoms. The lowest BCUT2D eigenvalue weighted by atomic mass is 10.2. The molecule has 8 heteroatoms. The second-order valence-corrected chi connectivity index (χ2v) is 9.21. The number of carbonyl (C=O) groups is 1. The molecule has 0 fully saturated rings. The Morgan fingerprint density at radius 2 is 2.00 bits per heavy atom. The van der Waals surface area contributed by atoms with Crippen LogP contribution in [0, 0.1) is 0 Å². The van der Waals surface area contributed by atoms with Crippen molar-refractivity contribution in [2.45, 2.75) is 12.3 Å². The minimum absolute atomic E-state index is 0.189. The lowest BCUT2D eigenvalue weighted by Crippen LogP contribution is -2.21. The van der Waals surface area contributed by atoms with Crippen LogP contribution in [0.3, 0.4) is 0 Å². The number of ether oxygens (including phenoxy) is 1. The molecule has 6 nitrogen and oxygen atoms in total. The van der Waals surface area contributed by atoms with E-state index in [1.54, 1.807) is 37.5 Å². The lowest BCUT2D eigenvalue weighted by Gasteiger charge is -2.03. The SMILES string of the molecule is C=CCn1c(=NC(=O)CS(=O)(=O)Cc2ccccc2)sc2cc(OC)ccc21. The number of sulfone groups is 1. The molecule has 0 atom stereocenters. The number of nitrogens with zero attached hydrogens (tertiary/aromatic N) is 2. The highest BCUT2D eigenvalue weighted by atomic mass is 32.2. The Bertz CT molecular complexity index is 1180. The summed E-state index contributed by atoms with van der Waals surface area (Å²) >= 11 is 1.30. The molecule has 146 valence electrons. The Labute approximate surface area is 167 Å². The number of allylic oxidation sites excluding steroid dienone is 1. The fraction of sp³-hybridized carbons (Fsp3) is 0.200. The van der Waals surface area contributed by atoms with Crippen molar-refractivity contribution in [2.75, 3.05) is 12.9 Å². The number of thiazole rings is 1. The molecule has 1 aromatic heterocycles. The van der Waals surface area contributed by atoms with E-state index in [-0.39, 0.29) is 5.75 Å². The third kappa shape index (κ3) is 4.76. The van der Waals surface area contributed by atoms with Crippen molar-refractivity contribution < 1.29 is 17.9 Å². The first-order valence-corrected chi connectivity index (χ1v) is 11.2. The topological polar surface area (TPSA) is 77.7 Å². The van der Waals surface area contributed by atoms with Gasteiger partial charge in [-0.15, -0.1) is 6.58 Å². The van der Waals surface area contributed by atoms with Crippen LogP contribution in [0.1, 0.15) is 5.56 Å². The van der Waals surface area contributed by atoms with Gasteiger partial charge in [-0.3, -0.25) is 4.79 Å². The predicted molar refractivity (Wildman–Crippen MR) is 111 cm³/mol. The monoisotopic (exact) mass is 416 g/mol. The van der Waals surface area contributed by atoms with Crippen LogP contribution in [-0.4, -0.2) is 31.8 Å². The summed E-state index contributed by atoms with van der Waals surface area (Å²) in [6, 6.07) is 14.3. The quantitative estimate of drug-likeness (QED) is 0.555. The van der Waals surface area contributed by atoms with E-state index in [9.17, 15) is 13.2 Å². The van der Waals surface area contributed by atoms with Gasteiger partial charge >= 0.3 is 0 Å². The zero-order valence-corrected chi connectivity index (χ0v) is 17.0. The molecular formula is C20H20N2O4S2. The van der Waals surface area contributed by atoms with Gasteiger partial charge in [0.15, 0.2) is 14.6 Å².